The van der Waals surface area contributed by atoms with E-state index in [0.717, 1.165) is 16.5 Å². The number of nitrogens with zero attached hydrogens (tertiary/aromatic N) is 1. The molecule has 2 N–H and O–H groups in total. The zero-order valence-corrected chi connectivity index (χ0v) is 12.4. The summed E-state index contributed by atoms with van der Waals surface area (Å²) >= 11 is 0. The summed E-state index contributed by atoms with van der Waals surface area (Å²) in [6.07, 6.45) is 0. The van der Waals surface area contributed by atoms with Gasteiger partial charge in [0.15, 0.2) is 0 Å². The van der Waals surface area contributed by atoms with E-state index in [4.69, 9.17) is 0 Å². The molecule has 0 aliphatic heterocycles. The van der Waals surface area contributed by atoms with Gasteiger partial charge in [0.2, 0.25) is 0 Å². The highest BCUT2D eigenvalue weighted by Gasteiger charge is 2.18. The van der Waals surface area contributed by atoms with Crippen molar-refractivity contribution in [1.29, 1.82) is 0 Å². The Morgan fingerprint density at radius 3 is 2.50 bits per heavy atom. The molecular weight excluding hydrogens is 276 g/mol. The van der Waals surface area contributed by atoms with E-state index in [9.17, 15) is 9.90 Å². The molecule has 2 aromatic carbocycles. The van der Waals surface area contributed by atoms with Crippen molar-refractivity contribution in [2.75, 3.05) is 6.61 Å². The lowest BCUT2D eigenvalue weighted by Crippen LogP contribution is -2.31. The molecule has 1 amide bonds. The van der Waals surface area contributed by atoms with Crippen LogP contribution in [0.2, 0.25) is 0 Å². The largest absolute Gasteiger partial charge is 0.394 e. The summed E-state index contributed by atoms with van der Waals surface area (Å²) in [7, 11) is 1.87. The molecule has 0 aliphatic rings. The molecule has 1 aromatic heterocycles. The number of hydrogen-bond donors (Lipinski definition) is 2. The van der Waals surface area contributed by atoms with Crippen molar-refractivity contribution in [2.24, 2.45) is 7.05 Å². The Morgan fingerprint density at radius 2 is 1.82 bits per heavy atom. The summed E-state index contributed by atoms with van der Waals surface area (Å²) < 4.78 is 1.87. The molecule has 3 aromatic rings. The van der Waals surface area contributed by atoms with Crippen molar-refractivity contribution in [3.05, 3.63) is 71.9 Å². The Kier molecular flexibility index (Phi) is 3.94. The lowest BCUT2D eigenvalue weighted by Gasteiger charge is -2.17. The van der Waals surface area contributed by atoms with Gasteiger partial charge < -0.3 is 15.0 Å². The standard InChI is InChI=1S/C18H18N2O2/c1-20-16-10-6-5-9-14(16)11-17(20)18(22)19-15(12-21)13-7-3-2-4-8-13/h2-11,15,21H,12H2,1H3,(H,19,22). The molecule has 3 rings (SSSR count). The van der Waals surface area contributed by atoms with Crippen LogP contribution in [0.1, 0.15) is 22.1 Å². The number of carbonyl (C=O) groups excluding carboxylic acids is 1. The van der Waals surface area contributed by atoms with Crippen molar-refractivity contribution in [2.45, 2.75) is 6.04 Å². The molecule has 0 aliphatic carbocycles. The van der Waals surface area contributed by atoms with Gasteiger partial charge in [0, 0.05) is 18.0 Å². The number of benzene rings is 2. The summed E-state index contributed by atoms with van der Waals surface area (Å²) in [5, 5.41) is 13.5. The molecule has 0 saturated carbocycles. The summed E-state index contributed by atoms with van der Waals surface area (Å²) in [6, 6.07) is 18.8. The minimum absolute atomic E-state index is 0.139. The number of para-hydroxylation sites is 1. The second-order valence-electron chi connectivity index (χ2n) is 5.27. The van der Waals surface area contributed by atoms with Crippen molar-refractivity contribution in [1.82, 2.24) is 9.88 Å². The maximum absolute atomic E-state index is 12.5. The highest BCUT2D eigenvalue weighted by Crippen LogP contribution is 2.19. The van der Waals surface area contributed by atoms with Crippen LogP contribution < -0.4 is 5.32 Å². The Balaban J connectivity index is 1.88. The predicted octanol–water partition coefficient (Wildman–Crippen LogP) is 2.64. The Morgan fingerprint density at radius 1 is 1.14 bits per heavy atom. The van der Waals surface area contributed by atoms with Crippen LogP contribution in [0, 0.1) is 0 Å². The zero-order valence-electron chi connectivity index (χ0n) is 12.4. The molecule has 0 fully saturated rings. The summed E-state index contributed by atoms with van der Waals surface area (Å²) in [5.41, 5.74) is 2.47. The molecular formula is C18H18N2O2. The third kappa shape index (κ3) is 2.61. The fraction of sp³-hybridized carbons (Fsp3) is 0.167. The molecule has 112 valence electrons. The van der Waals surface area contributed by atoms with Gasteiger partial charge in [0.1, 0.15) is 5.69 Å². The highest BCUT2D eigenvalue weighted by molar-refractivity contribution is 5.98. The monoisotopic (exact) mass is 294 g/mol. The lowest BCUT2D eigenvalue weighted by molar-refractivity contribution is 0.0908. The number of carbonyl (C=O) groups is 1. The molecule has 0 radical (unpaired) electrons. The van der Waals surface area contributed by atoms with E-state index in [1.165, 1.54) is 0 Å². The van der Waals surface area contributed by atoms with Crippen LogP contribution in [0.15, 0.2) is 60.7 Å². The second-order valence-corrected chi connectivity index (χ2v) is 5.27. The smallest absolute Gasteiger partial charge is 0.268 e. The maximum Gasteiger partial charge on any atom is 0.268 e. The van der Waals surface area contributed by atoms with Crippen LogP contribution in [-0.4, -0.2) is 22.2 Å². The van der Waals surface area contributed by atoms with Crippen molar-refractivity contribution >= 4 is 16.8 Å². The van der Waals surface area contributed by atoms with Crippen molar-refractivity contribution < 1.29 is 9.90 Å². The van der Waals surface area contributed by atoms with E-state index in [1.54, 1.807) is 0 Å². The number of aliphatic hydroxyl groups excluding tert-OH is 1. The van der Waals surface area contributed by atoms with E-state index < -0.39 is 6.04 Å². The van der Waals surface area contributed by atoms with Crippen LogP contribution in [0.5, 0.6) is 0 Å². The average molecular weight is 294 g/mol. The van der Waals surface area contributed by atoms with E-state index in [-0.39, 0.29) is 12.5 Å². The van der Waals surface area contributed by atoms with Crippen molar-refractivity contribution in [3.63, 3.8) is 0 Å². The average Bonchev–Trinajstić information content (AvgIpc) is 2.91. The van der Waals surface area contributed by atoms with Gasteiger partial charge in [-0.25, -0.2) is 0 Å². The van der Waals surface area contributed by atoms with Gasteiger partial charge in [-0.1, -0.05) is 48.5 Å². The topological polar surface area (TPSA) is 54.3 Å². The Hall–Kier alpha value is -2.59. The summed E-state index contributed by atoms with van der Waals surface area (Å²) in [5.74, 6) is -0.193. The van der Waals surface area contributed by atoms with Crippen LogP contribution >= 0.6 is 0 Å². The third-order valence-corrected chi connectivity index (χ3v) is 3.87. The Labute approximate surface area is 129 Å². The lowest BCUT2D eigenvalue weighted by atomic mass is 10.1. The summed E-state index contributed by atoms with van der Waals surface area (Å²) in [6.45, 7) is -0.139. The molecule has 0 spiro atoms. The molecule has 1 atom stereocenters. The van der Waals surface area contributed by atoms with Gasteiger partial charge in [0.05, 0.1) is 12.6 Å². The Bertz CT molecular complexity index is 793. The number of aliphatic hydroxyl groups is 1. The fourth-order valence-electron chi connectivity index (χ4n) is 2.66. The molecule has 0 bridgehead atoms. The number of aromatic nitrogens is 1. The van der Waals surface area contributed by atoms with Gasteiger partial charge in [-0.05, 0) is 17.7 Å². The number of amides is 1. The highest BCUT2D eigenvalue weighted by atomic mass is 16.3. The van der Waals surface area contributed by atoms with Crippen molar-refractivity contribution in [3.8, 4) is 0 Å². The van der Waals surface area contributed by atoms with Crippen LogP contribution in [0.25, 0.3) is 10.9 Å². The van der Waals surface area contributed by atoms with Gasteiger partial charge >= 0.3 is 0 Å². The normalized spacial score (nSPS) is 12.3. The predicted molar refractivity (Wildman–Crippen MR) is 86.7 cm³/mol. The number of rotatable bonds is 4. The van der Waals surface area contributed by atoms with E-state index in [0.29, 0.717) is 5.69 Å². The van der Waals surface area contributed by atoms with Gasteiger partial charge in [0.25, 0.3) is 5.91 Å². The number of aryl methyl sites for hydroxylation is 1. The fourth-order valence-corrected chi connectivity index (χ4v) is 2.66. The molecule has 22 heavy (non-hydrogen) atoms. The van der Waals surface area contributed by atoms with Crippen LogP contribution in [-0.2, 0) is 7.05 Å². The zero-order chi connectivity index (χ0) is 15.5. The van der Waals surface area contributed by atoms with Gasteiger partial charge in [-0.3, -0.25) is 4.79 Å². The number of hydrogen-bond acceptors (Lipinski definition) is 2. The molecule has 1 heterocycles. The van der Waals surface area contributed by atoms with E-state index >= 15 is 0 Å². The second kappa shape index (κ2) is 6.03. The van der Waals surface area contributed by atoms with Crippen LogP contribution in [0.3, 0.4) is 0 Å². The first-order chi connectivity index (χ1) is 10.7. The number of nitrogens with one attached hydrogen (secondary N) is 1. The molecule has 4 heteroatoms. The molecule has 0 saturated heterocycles. The summed E-state index contributed by atoms with van der Waals surface area (Å²) in [4.78, 5) is 12.5. The SMILES string of the molecule is Cn1c(C(=O)NC(CO)c2ccccc2)cc2ccccc21. The first-order valence-corrected chi connectivity index (χ1v) is 7.22. The quantitative estimate of drug-likeness (QED) is 0.777. The number of fused-ring (bicyclic) bond motifs is 1. The molecule has 1 unspecified atom stereocenters. The van der Waals surface area contributed by atoms with Gasteiger partial charge in [-0.2, -0.15) is 0 Å². The first-order valence-electron chi connectivity index (χ1n) is 7.22. The van der Waals surface area contributed by atoms with E-state index in [2.05, 4.69) is 5.32 Å². The maximum atomic E-state index is 12.5. The molecule has 4 nitrogen and oxygen atoms in total. The first kappa shape index (κ1) is 14.4. The minimum Gasteiger partial charge on any atom is -0.394 e. The van der Waals surface area contributed by atoms with Gasteiger partial charge in [-0.15, -0.1) is 0 Å². The minimum atomic E-state index is -0.410. The third-order valence-electron chi connectivity index (χ3n) is 3.87. The van der Waals surface area contributed by atoms with Crippen LogP contribution in [0.4, 0.5) is 0 Å². The van der Waals surface area contributed by atoms with E-state index in [1.807, 2.05) is 72.3 Å².